The molecule has 0 fully saturated rings. The Hall–Kier alpha value is -3.14. The highest BCUT2D eigenvalue weighted by Crippen LogP contribution is 2.33. The molecule has 4 rings (SSSR count). The molecular formula is C24H19BO2. The van der Waals surface area contributed by atoms with Crippen molar-refractivity contribution in [1.29, 1.82) is 0 Å². The number of hydrogen-bond donors (Lipinski definition) is 2. The lowest BCUT2D eigenvalue weighted by atomic mass is 9.80. The van der Waals surface area contributed by atoms with Gasteiger partial charge in [-0.15, -0.1) is 0 Å². The molecule has 0 aliphatic rings. The third-order valence-electron chi connectivity index (χ3n) is 4.75. The van der Waals surface area contributed by atoms with Crippen LogP contribution in [0.4, 0.5) is 0 Å². The zero-order chi connectivity index (χ0) is 18.6. The van der Waals surface area contributed by atoms with Crippen LogP contribution < -0.4 is 5.46 Å². The Morgan fingerprint density at radius 2 is 0.815 bits per heavy atom. The summed E-state index contributed by atoms with van der Waals surface area (Å²) in [7, 11) is -1.43. The molecular weight excluding hydrogens is 331 g/mol. The van der Waals surface area contributed by atoms with Gasteiger partial charge >= 0.3 is 7.12 Å². The van der Waals surface area contributed by atoms with Gasteiger partial charge in [-0.25, -0.2) is 0 Å². The van der Waals surface area contributed by atoms with E-state index in [1.165, 1.54) is 22.3 Å². The van der Waals surface area contributed by atoms with Gasteiger partial charge in [0.1, 0.15) is 0 Å². The minimum absolute atomic E-state index is 0.493. The van der Waals surface area contributed by atoms with Crippen LogP contribution in [0.1, 0.15) is 0 Å². The maximum Gasteiger partial charge on any atom is 0.488 e. The molecule has 0 aliphatic heterocycles. The summed E-state index contributed by atoms with van der Waals surface area (Å²) in [6, 6.07) is 34.6. The van der Waals surface area contributed by atoms with Crippen molar-refractivity contribution in [3.63, 3.8) is 0 Å². The zero-order valence-corrected chi connectivity index (χ0v) is 14.8. The van der Waals surface area contributed by atoms with Crippen LogP contribution in [0.2, 0.25) is 0 Å². The first kappa shape index (κ1) is 17.3. The molecule has 0 saturated carbocycles. The molecule has 0 unspecified atom stereocenters. The van der Waals surface area contributed by atoms with Crippen LogP contribution in [0, 0.1) is 0 Å². The topological polar surface area (TPSA) is 40.5 Å². The predicted octanol–water partition coefficient (Wildman–Crippen LogP) is 4.37. The number of benzene rings is 4. The second-order valence-corrected chi connectivity index (χ2v) is 6.48. The summed E-state index contributed by atoms with van der Waals surface area (Å²) in [4.78, 5) is 0. The highest BCUT2D eigenvalue weighted by atomic mass is 16.4. The van der Waals surface area contributed by atoms with Gasteiger partial charge in [0.25, 0.3) is 0 Å². The monoisotopic (exact) mass is 350 g/mol. The summed E-state index contributed by atoms with van der Waals surface area (Å²) in [5, 5.41) is 18.4. The Kier molecular flexibility index (Phi) is 4.88. The normalized spacial score (nSPS) is 10.6. The Morgan fingerprint density at radius 3 is 1.33 bits per heavy atom. The van der Waals surface area contributed by atoms with Crippen LogP contribution in [0.5, 0.6) is 0 Å². The second-order valence-electron chi connectivity index (χ2n) is 6.48. The number of rotatable bonds is 4. The molecule has 0 atom stereocenters. The molecule has 2 nitrogen and oxygen atoms in total. The van der Waals surface area contributed by atoms with Crippen LogP contribution in [-0.4, -0.2) is 17.2 Å². The lowest BCUT2D eigenvalue weighted by Crippen LogP contribution is -2.29. The van der Waals surface area contributed by atoms with Crippen LogP contribution in [-0.2, 0) is 0 Å². The summed E-state index contributed by atoms with van der Waals surface area (Å²) < 4.78 is 0. The fourth-order valence-corrected chi connectivity index (χ4v) is 3.29. The average Bonchev–Trinajstić information content (AvgIpc) is 2.74. The molecule has 0 saturated heterocycles. The van der Waals surface area contributed by atoms with Crippen molar-refractivity contribution in [3.8, 4) is 33.4 Å². The number of hydrogen-bond acceptors (Lipinski definition) is 2. The molecule has 27 heavy (non-hydrogen) atoms. The van der Waals surface area contributed by atoms with Gasteiger partial charge < -0.3 is 10.0 Å². The fraction of sp³-hybridized carbons (Fsp3) is 0. The molecule has 0 aromatic heterocycles. The van der Waals surface area contributed by atoms with Crippen LogP contribution in [0.25, 0.3) is 33.4 Å². The maximum absolute atomic E-state index is 9.22. The Bertz CT molecular complexity index is 1020. The van der Waals surface area contributed by atoms with Gasteiger partial charge in [0.15, 0.2) is 0 Å². The van der Waals surface area contributed by atoms with Gasteiger partial charge in [0.05, 0.1) is 0 Å². The summed E-state index contributed by atoms with van der Waals surface area (Å²) in [5.41, 5.74) is 7.42. The zero-order valence-electron chi connectivity index (χ0n) is 14.8. The summed E-state index contributed by atoms with van der Waals surface area (Å²) in [6.07, 6.45) is 0. The van der Waals surface area contributed by atoms with Crippen molar-refractivity contribution in [1.82, 2.24) is 0 Å². The molecule has 0 aliphatic carbocycles. The standard InChI is InChI=1S/C24H19BO2/c26-25(27)22-16-14-19(15-17-22)18-10-12-21(13-11-18)24-9-5-4-8-23(24)20-6-2-1-3-7-20/h1-17,26-27H. The second kappa shape index (κ2) is 7.62. The van der Waals surface area contributed by atoms with Crippen molar-refractivity contribution < 1.29 is 10.0 Å². The largest absolute Gasteiger partial charge is 0.488 e. The molecule has 0 heterocycles. The molecule has 0 spiro atoms. The summed E-state index contributed by atoms with van der Waals surface area (Å²) in [5.74, 6) is 0. The van der Waals surface area contributed by atoms with Gasteiger partial charge in [0.2, 0.25) is 0 Å². The first-order chi connectivity index (χ1) is 13.2. The fourth-order valence-electron chi connectivity index (χ4n) is 3.29. The Balaban J connectivity index is 1.67. The minimum Gasteiger partial charge on any atom is -0.423 e. The smallest absolute Gasteiger partial charge is 0.423 e. The highest BCUT2D eigenvalue weighted by Gasteiger charge is 2.10. The molecule has 3 heteroatoms. The van der Waals surface area contributed by atoms with E-state index < -0.39 is 7.12 Å². The van der Waals surface area contributed by atoms with E-state index >= 15 is 0 Å². The Morgan fingerprint density at radius 1 is 0.407 bits per heavy atom. The lowest BCUT2D eigenvalue weighted by molar-refractivity contribution is 0.426. The molecule has 0 bridgehead atoms. The van der Waals surface area contributed by atoms with E-state index in [2.05, 4.69) is 72.8 Å². The van der Waals surface area contributed by atoms with Crippen molar-refractivity contribution in [2.24, 2.45) is 0 Å². The quantitative estimate of drug-likeness (QED) is 0.537. The van der Waals surface area contributed by atoms with Crippen LogP contribution in [0.3, 0.4) is 0 Å². The van der Waals surface area contributed by atoms with E-state index in [1.807, 2.05) is 18.2 Å². The predicted molar refractivity (Wildman–Crippen MR) is 113 cm³/mol. The summed E-state index contributed by atoms with van der Waals surface area (Å²) in [6.45, 7) is 0. The Labute approximate surface area is 159 Å². The highest BCUT2D eigenvalue weighted by molar-refractivity contribution is 6.58. The molecule has 130 valence electrons. The van der Waals surface area contributed by atoms with E-state index in [-0.39, 0.29) is 0 Å². The van der Waals surface area contributed by atoms with Gasteiger partial charge in [-0.3, -0.25) is 0 Å². The van der Waals surface area contributed by atoms with Crippen LogP contribution in [0.15, 0.2) is 103 Å². The van der Waals surface area contributed by atoms with E-state index in [1.54, 1.807) is 12.1 Å². The SMILES string of the molecule is OB(O)c1ccc(-c2ccc(-c3ccccc3-c3ccccc3)cc2)cc1. The van der Waals surface area contributed by atoms with Gasteiger partial charge in [-0.2, -0.15) is 0 Å². The van der Waals surface area contributed by atoms with Crippen LogP contribution >= 0.6 is 0 Å². The van der Waals surface area contributed by atoms with Gasteiger partial charge in [-0.1, -0.05) is 103 Å². The lowest BCUT2D eigenvalue weighted by Gasteiger charge is -2.11. The minimum atomic E-state index is -1.43. The third-order valence-corrected chi connectivity index (χ3v) is 4.75. The van der Waals surface area contributed by atoms with E-state index in [9.17, 15) is 10.0 Å². The maximum atomic E-state index is 9.22. The van der Waals surface area contributed by atoms with Gasteiger partial charge in [0, 0.05) is 0 Å². The average molecular weight is 350 g/mol. The molecule has 2 N–H and O–H groups in total. The van der Waals surface area contributed by atoms with E-state index in [0.717, 1.165) is 11.1 Å². The third kappa shape index (κ3) is 3.70. The van der Waals surface area contributed by atoms with E-state index in [4.69, 9.17) is 0 Å². The van der Waals surface area contributed by atoms with Crippen molar-refractivity contribution in [2.45, 2.75) is 0 Å². The van der Waals surface area contributed by atoms with Crippen molar-refractivity contribution in [3.05, 3.63) is 103 Å². The van der Waals surface area contributed by atoms with Gasteiger partial charge in [-0.05, 0) is 38.8 Å². The molecule has 4 aromatic rings. The van der Waals surface area contributed by atoms with Crippen molar-refractivity contribution in [2.75, 3.05) is 0 Å². The van der Waals surface area contributed by atoms with E-state index in [0.29, 0.717) is 5.46 Å². The van der Waals surface area contributed by atoms with Crippen molar-refractivity contribution >= 4 is 12.6 Å². The molecule has 0 amide bonds. The first-order valence-electron chi connectivity index (χ1n) is 8.94. The summed E-state index contributed by atoms with van der Waals surface area (Å²) >= 11 is 0. The molecule has 4 aromatic carbocycles. The molecule has 0 radical (unpaired) electrons. The first-order valence-corrected chi connectivity index (χ1v) is 8.94.